The molecule has 4 nitrogen and oxygen atoms in total. The van der Waals surface area contributed by atoms with Crippen LogP contribution in [0.3, 0.4) is 0 Å². The van der Waals surface area contributed by atoms with E-state index < -0.39 is 22.6 Å². The van der Waals surface area contributed by atoms with Crippen molar-refractivity contribution in [3.05, 3.63) is 33.6 Å². The summed E-state index contributed by atoms with van der Waals surface area (Å²) in [5.74, 6) is -0.267. The van der Waals surface area contributed by atoms with Crippen molar-refractivity contribution < 1.29 is 13.7 Å². The van der Waals surface area contributed by atoms with Gasteiger partial charge in [-0.3, -0.25) is 15.1 Å². The number of halogens is 3. The van der Waals surface area contributed by atoms with E-state index in [4.69, 9.17) is 11.6 Å². The summed E-state index contributed by atoms with van der Waals surface area (Å²) in [6.45, 7) is 0. The first kappa shape index (κ1) is 10.8. The second-order valence-electron chi connectivity index (χ2n) is 2.39. The maximum Gasteiger partial charge on any atom is 0.300 e. The van der Waals surface area contributed by atoms with Crippen LogP contribution in [0.25, 0.3) is 0 Å². The predicted octanol–water partition coefficient (Wildman–Crippen LogP) is 2.67. The lowest BCUT2D eigenvalue weighted by Crippen LogP contribution is -2.01. The highest BCUT2D eigenvalue weighted by atomic mass is 35.5. The maximum absolute atomic E-state index is 12.3. The molecule has 0 bridgehead atoms. The van der Waals surface area contributed by atoms with Gasteiger partial charge < -0.3 is 0 Å². The van der Waals surface area contributed by atoms with Gasteiger partial charge in [-0.05, 0) is 6.07 Å². The van der Waals surface area contributed by atoms with Crippen LogP contribution in [0.4, 0.5) is 14.5 Å². The lowest BCUT2D eigenvalue weighted by atomic mass is 10.2. The Morgan fingerprint density at radius 2 is 2.29 bits per heavy atom. The quantitative estimate of drug-likeness (QED) is 0.449. The van der Waals surface area contributed by atoms with E-state index >= 15 is 0 Å². The zero-order valence-corrected chi connectivity index (χ0v) is 7.54. The van der Waals surface area contributed by atoms with Gasteiger partial charge in [0.15, 0.2) is 0 Å². The van der Waals surface area contributed by atoms with Crippen molar-refractivity contribution in [2.75, 3.05) is 0 Å². The predicted molar refractivity (Wildman–Crippen MR) is 45.4 cm³/mol. The van der Waals surface area contributed by atoms with Crippen LogP contribution in [0.15, 0.2) is 12.3 Å². The van der Waals surface area contributed by atoms with Gasteiger partial charge in [-0.1, -0.05) is 0 Å². The molecule has 0 fully saturated rings. The first-order chi connectivity index (χ1) is 6.57. The maximum atomic E-state index is 12.3. The van der Waals surface area contributed by atoms with Crippen LogP contribution in [-0.4, -0.2) is 9.91 Å². The smallest absolute Gasteiger partial charge is 0.258 e. The van der Waals surface area contributed by atoms with Crippen LogP contribution in [0.5, 0.6) is 0 Å². The van der Waals surface area contributed by atoms with Crippen LogP contribution in [-0.2, 0) is 5.88 Å². The Hall–Kier alpha value is -1.30. The number of aromatic nitrogens is 1. The minimum Gasteiger partial charge on any atom is -0.258 e. The largest absolute Gasteiger partial charge is 0.300 e. The second kappa shape index (κ2) is 4.28. The van der Waals surface area contributed by atoms with E-state index in [9.17, 15) is 18.9 Å². The molecule has 7 heteroatoms. The summed E-state index contributed by atoms with van der Waals surface area (Å²) in [6.07, 6.45) is -1.83. The van der Waals surface area contributed by atoms with E-state index in [-0.39, 0.29) is 11.6 Å². The lowest BCUT2D eigenvalue weighted by molar-refractivity contribution is -0.387. The summed E-state index contributed by atoms with van der Waals surface area (Å²) < 4.78 is 24.7. The molecule has 0 amide bonds. The van der Waals surface area contributed by atoms with Gasteiger partial charge >= 0.3 is 5.69 Å². The normalized spacial score (nSPS) is 10.6. The molecule has 1 heterocycles. The van der Waals surface area contributed by atoms with Gasteiger partial charge in [0.25, 0.3) is 6.43 Å². The summed E-state index contributed by atoms with van der Waals surface area (Å²) in [7, 11) is 0. The molecular formula is C7H5ClF2N2O2. The van der Waals surface area contributed by atoms with E-state index in [0.29, 0.717) is 0 Å². The first-order valence-corrected chi connectivity index (χ1v) is 4.07. The molecule has 1 rings (SSSR count). The summed E-state index contributed by atoms with van der Waals surface area (Å²) >= 11 is 5.34. The lowest BCUT2D eigenvalue weighted by Gasteiger charge is -2.03. The number of hydrogen-bond acceptors (Lipinski definition) is 3. The second-order valence-corrected chi connectivity index (χ2v) is 2.65. The fourth-order valence-corrected chi connectivity index (χ4v) is 1.19. The van der Waals surface area contributed by atoms with Crippen molar-refractivity contribution in [1.82, 2.24) is 4.98 Å². The Morgan fingerprint density at radius 1 is 1.64 bits per heavy atom. The van der Waals surface area contributed by atoms with Gasteiger partial charge in [-0.15, -0.1) is 11.6 Å². The Morgan fingerprint density at radius 3 is 2.71 bits per heavy atom. The number of rotatable bonds is 3. The molecule has 0 spiro atoms. The number of alkyl halides is 3. The van der Waals surface area contributed by atoms with Crippen LogP contribution in [0.2, 0.25) is 0 Å². The first-order valence-electron chi connectivity index (χ1n) is 3.54. The molecule has 0 N–H and O–H groups in total. The Balaban J connectivity index is 3.35. The third-order valence-electron chi connectivity index (χ3n) is 1.58. The highest BCUT2D eigenvalue weighted by molar-refractivity contribution is 6.17. The van der Waals surface area contributed by atoms with Crippen molar-refractivity contribution in [1.29, 1.82) is 0 Å². The van der Waals surface area contributed by atoms with Crippen LogP contribution >= 0.6 is 11.6 Å². The average Bonchev–Trinajstić information content (AvgIpc) is 2.16. The SMILES string of the molecule is O=[N+]([O-])c1c(C(F)F)ccnc1CCl. The van der Waals surface area contributed by atoms with E-state index in [2.05, 4.69) is 4.98 Å². The molecule has 0 aromatic carbocycles. The monoisotopic (exact) mass is 222 g/mol. The standard InChI is InChI=1S/C7H5ClF2N2O2/c8-3-5-6(12(13)14)4(7(9)10)1-2-11-5/h1-2,7H,3H2. The number of pyridine rings is 1. The molecule has 0 aliphatic carbocycles. The van der Waals surface area contributed by atoms with E-state index in [0.717, 1.165) is 12.3 Å². The van der Waals surface area contributed by atoms with Crippen LogP contribution < -0.4 is 0 Å². The highest BCUT2D eigenvalue weighted by Gasteiger charge is 2.25. The fraction of sp³-hybridized carbons (Fsp3) is 0.286. The van der Waals surface area contributed by atoms with E-state index in [1.807, 2.05) is 0 Å². The van der Waals surface area contributed by atoms with E-state index in [1.165, 1.54) is 0 Å². The zero-order chi connectivity index (χ0) is 10.7. The van der Waals surface area contributed by atoms with Crippen molar-refractivity contribution in [2.24, 2.45) is 0 Å². The highest BCUT2D eigenvalue weighted by Crippen LogP contribution is 2.31. The molecule has 0 aliphatic heterocycles. The topological polar surface area (TPSA) is 56.0 Å². The van der Waals surface area contributed by atoms with Gasteiger partial charge in [0.1, 0.15) is 5.69 Å². The average molecular weight is 223 g/mol. The minimum absolute atomic E-state index is 0.144. The Bertz CT molecular complexity index is 360. The van der Waals surface area contributed by atoms with Gasteiger partial charge in [-0.2, -0.15) is 0 Å². The molecule has 0 radical (unpaired) electrons. The molecule has 1 aromatic heterocycles. The van der Waals surface area contributed by atoms with Gasteiger partial charge in [0.2, 0.25) is 0 Å². The molecule has 0 atom stereocenters. The van der Waals surface area contributed by atoms with Crippen molar-refractivity contribution in [3.63, 3.8) is 0 Å². The Labute approximate surface area is 82.7 Å². The number of nitrogens with zero attached hydrogens (tertiary/aromatic N) is 2. The zero-order valence-electron chi connectivity index (χ0n) is 6.78. The van der Waals surface area contributed by atoms with Gasteiger partial charge in [0, 0.05) is 6.20 Å². The van der Waals surface area contributed by atoms with Crippen LogP contribution in [0.1, 0.15) is 17.7 Å². The summed E-state index contributed by atoms with van der Waals surface area (Å²) in [5.41, 5.74) is -1.49. The third kappa shape index (κ3) is 1.95. The summed E-state index contributed by atoms with van der Waals surface area (Å²) in [5, 5.41) is 10.5. The van der Waals surface area contributed by atoms with Crippen molar-refractivity contribution in [2.45, 2.75) is 12.3 Å². The molecule has 0 saturated carbocycles. The molecule has 0 unspecified atom stereocenters. The van der Waals surface area contributed by atoms with E-state index in [1.54, 1.807) is 0 Å². The minimum atomic E-state index is -2.90. The van der Waals surface area contributed by atoms with Crippen LogP contribution in [0, 0.1) is 10.1 Å². The fourth-order valence-electron chi connectivity index (χ4n) is 0.999. The van der Waals surface area contributed by atoms with Crippen molar-refractivity contribution in [3.8, 4) is 0 Å². The molecule has 0 aliphatic rings. The third-order valence-corrected chi connectivity index (χ3v) is 1.83. The molecule has 14 heavy (non-hydrogen) atoms. The van der Waals surface area contributed by atoms with Gasteiger partial charge in [-0.25, -0.2) is 8.78 Å². The number of nitro groups is 1. The summed E-state index contributed by atoms with van der Waals surface area (Å²) in [4.78, 5) is 13.1. The Kier molecular flexibility index (Phi) is 3.29. The van der Waals surface area contributed by atoms with Gasteiger partial charge in [0.05, 0.1) is 16.4 Å². The van der Waals surface area contributed by atoms with Crippen molar-refractivity contribution >= 4 is 17.3 Å². The number of hydrogen-bond donors (Lipinski definition) is 0. The summed E-state index contributed by atoms with van der Waals surface area (Å²) in [6, 6.07) is 0.916. The molecule has 0 saturated heterocycles. The molecular weight excluding hydrogens is 218 g/mol. The molecule has 1 aromatic rings. The molecule has 76 valence electrons.